The Morgan fingerprint density at radius 2 is 0.865 bits per heavy atom. The lowest BCUT2D eigenvalue weighted by Crippen LogP contribution is -2.57. The maximum Gasteiger partial charge on any atom is 0.0179 e. The first kappa shape index (κ1) is 31.9. The Morgan fingerprint density at radius 1 is 0.308 bits per heavy atom. The number of hydrogen-bond donors (Lipinski definition) is 1. The van der Waals surface area contributed by atoms with Gasteiger partial charge in [0.2, 0.25) is 0 Å². The summed E-state index contributed by atoms with van der Waals surface area (Å²) in [5, 5.41) is 4.47. The minimum atomic E-state index is 0.881. The van der Waals surface area contributed by atoms with Crippen LogP contribution in [0, 0.1) is 71.0 Å². The van der Waals surface area contributed by atoms with Gasteiger partial charge >= 0.3 is 0 Å². The van der Waals surface area contributed by atoms with E-state index in [4.69, 9.17) is 0 Å². The van der Waals surface area contributed by atoms with E-state index in [0.29, 0.717) is 0 Å². The van der Waals surface area contributed by atoms with Crippen LogP contribution in [-0.2, 0) is 0 Å². The molecule has 1 N–H and O–H groups in total. The van der Waals surface area contributed by atoms with E-state index in [2.05, 4.69) is 20.0 Å². The van der Waals surface area contributed by atoms with E-state index < -0.39 is 0 Å². The summed E-state index contributed by atoms with van der Waals surface area (Å²) in [5.41, 5.74) is 0. The van der Waals surface area contributed by atoms with Gasteiger partial charge in [-0.2, -0.15) is 0 Å². The van der Waals surface area contributed by atoms with E-state index in [0.717, 1.165) is 137 Å². The van der Waals surface area contributed by atoms with Crippen molar-refractivity contribution in [3.05, 3.63) is 0 Å². The van der Waals surface area contributed by atoms with Crippen LogP contribution < -0.4 is 5.32 Å². The summed E-state index contributed by atoms with van der Waals surface area (Å²) >= 11 is 0. The molecule has 22 unspecified atom stereocenters. The molecule has 14 rings (SSSR count). The highest BCUT2D eigenvalue weighted by Crippen LogP contribution is 2.69. The van der Waals surface area contributed by atoms with Crippen LogP contribution in [0.1, 0.15) is 161 Å². The fourth-order valence-corrected chi connectivity index (χ4v) is 21.5. The Labute approximate surface area is 317 Å². The van der Waals surface area contributed by atoms with Gasteiger partial charge in [-0.15, -0.1) is 0 Å². The lowest BCUT2D eigenvalue weighted by atomic mass is 9.58. The predicted molar refractivity (Wildman–Crippen MR) is 208 cm³/mol. The molecular weight excluding hydrogens is 633 g/mol. The number of likely N-dealkylation sites (tertiary alicyclic amines) is 1. The molecule has 4 nitrogen and oxygen atoms in total. The average Bonchev–Trinajstić information content (AvgIpc) is 4.02. The van der Waals surface area contributed by atoms with Gasteiger partial charge in [-0.25, -0.2) is 0 Å². The average molecular weight is 707 g/mol. The molecule has 0 aromatic carbocycles. The minimum absolute atomic E-state index is 0.881. The third-order valence-corrected chi connectivity index (χ3v) is 22.2. The quantitative estimate of drug-likeness (QED) is 0.294. The summed E-state index contributed by atoms with van der Waals surface area (Å²) in [6.45, 7) is 0. The van der Waals surface area contributed by atoms with Gasteiger partial charge < -0.3 is 5.32 Å². The zero-order chi connectivity index (χ0) is 33.4. The fraction of sp³-hybridized carbons (Fsp3) is 1.00. The van der Waals surface area contributed by atoms with Crippen molar-refractivity contribution in [3.63, 3.8) is 0 Å². The summed E-state index contributed by atoms with van der Waals surface area (Å²) in [6.07, 6.45) is 39.0. The third-order valence-electron chi connectivity index (χ3n) is 22.2. The number of rotatable bonds is 1. The highest BCUT2D eigenvalue weighted by atomic mass is 15.4. The van der Waals surface area contributed by atoms with Crippen LogP contribution in [0.15, 0.2) is 0 Å². The van der Waals surface area contributed by atoms with Crippen LogP contribution in [0.25, 0.3) is 0 Å². The van der Waals surface area contributed by atoms with Crippen molar-refractivity contribution in [3.8, 4) is 0 Å². The van der Waals surface area contributed by atoms with E-state index in [1.807, 2.05) is 0 Å². The van der Waals surface area contributed by atoms with Crippen molar-refractivity contribution in [2.45, 2.75) is 227 Å². The molecule has 0 aromatic heterocycles. The summed E-state index contributed by atoms with van der Waals surface area (Å²) in [4.78, 5) is 10.3. The maximum absolute atomic E-state index is 4.47. The predicted octanol–water partition coefficient (Wildman–Crippen LogP) is 8.87. The van der Waals surface area contributed by atoms with E-state index >= 15 is 0 Å². The minimum Gasteiger partial charge on any atom is -0.310 e. The molecule has 0 radical (unpaired) electrons. The largest absolute Gasteiger partial charge is 0.310 e. The summed E-state index contributed by atoms with van der Waals surface area (Å²) in [5.74, 6) is 12.5. The molecule has 4 heteroatoms. The molecule has 0 bridgehead atoms. The highest BCUT2D eigenvalue weighted by Gasteiger charge is 2.72. The molecule has 22 atom stereocenters. The molecular formula is C48H74N4. The smallest absolute Gasteiger partial charge is 0.0179 e. The zero-order valence-electron chi connectivity index (χ0n) is 32.8. The van der Waals surface area contributed by atoms with Crippen molar-refractivity contribution in [1.82, 2.24) is 20.0 Å². The lowest BCUT2D eigenvalue weighted by molar-refractivity contribution is -0.0141. The topological polar surface area (TPSA) is 21.8 Å². The van der Waals surface area contributed by atoms with Crippen molar-refractivity contribution in [2.75, 3.05) is 0 Å². The first-order chi connectivity index (χ1) is 25.8. The summed E-state index contributed by atoms with van der Waals surface area (Å²) in [6, 6.07) is 10.4. The van der Waals surface area contributed by atoms with Crippen molar-refractivity contribution in [2.24, 2.45) is 71.0 Å². The second kappa shape index (κ2) is 11.7. The van der Waals surface area contributed by atoms with Crippen molar-refractivity contribution < 1.29 is 0 Å². The third kappa shape index (κ3) is 4.03. The monoisotopic (exact) mass is 707 g/mol. The van der Waals surface area contributed by atoms with E-state index in [1.54, 1.807) is 116 Å². The Bertz CT molecular complexity index is 1410. The maximum atomic E-state index is 4.47. The van der Waals surface area contributed by atoms with Gasteiger partial charge in [0.15, 0.2) is 0 Å². The van der Waals surface area contributed by atoms with Gasteiger partial charge in [-0.05, 0) is 174 Å². The molecule has 8 saturated carbocycles. The molecule has 0 aromatic rings. The Kier molecular flexibility index (Phi) is 7.18. The molecule has 6 heterocycles. The van der Waals surface area contributed by atoms with Crippen LogP contribution in [0.2, 0.25) is 0 Å². The molecule has 6 aliphatic heterocycles. The highest BCUT2D eigenvalue weighted by molar-refractivity contribution is 5.25. The SMILES string of the molecule is C1CCC(N2C3CCCCC3C3CCC4C(C5CCCC6C7CC8C(CC7N4C65)C4CCCC5C6C7NC9CCCCC9C7CCC6N8C45)C32)CC1. The van der Waals surface area contributed by atoms with Gasteiger partial charge in [0.05, 0.1) is 0 Å². The first-order valence-electron chi connectivity index (χ1n) is 24.9. The number of nitrogens with one attached hydrogen (secondary N) is 1. The number of nitrogens with zero attached hydrogens (tertiary/aromatic N) is 3. The fourth-order valence-electron chi connectivity index (χ4n) is 21.5. The van der Waals surface area contributed by atoms with E-state index in [1.165, 1.54) is 44.9 Å². The van der Waals surface area contributed by atoms with Gasteiger partial charge in [0.1, 0.15) is 0 Å². The van der Waals surface area contributed by atoms with Crippen molar-refractivity contribution in [1.29, 1.82) is 0 Å². The van der Waals surface area contributed by atoms with Gasteiger partial charge in [0, 0.05) is 66.5 Å². The van der Waals surface area contributed by atoms with E-state index in [9.17, 15) is 0 Å². The molecule has 14 aliphatic rings. The van der Waals surface area contributed by atoms with Gasteiger partial charge in [-0.1, -0.05) is 57.8 Å². The van der Waals surface area contributed by atoms with Crippen LogP contribution >= 0.6 is 0 Å². The molecule has 6 saturated heterocycles. The molecule has 8 aliphatic carbocycles. The number of fused-ring (bicyclic) bond motifs is 20. The van der Waals surface area contributed by atoms with Crippen LogP contribution in [0.3, 0.4) is 0 Å². The lowest BCUT2D eigenvalue weighted by Gasteiger charge is -2.51. The summed E-state index contributed by atoms with van der Waals surface area (Å²) in [7, 11) is 0. The Balaban J connectivity index is 0.785. The normalized spacial score (nSPS) is 61.8. The molecule has 52 heavy (non-hydrogen) atoms. The van der Waals surface area contributed by atoms with Gasteiger partial charge in [-0.3, -0.25) is 14.7 Å². The Hall–Kier alpha value is -0.160. The summed E-state index contributed by atoms with van der Waals surface area (Å²) < 4.78 is 0. The Morgan fingerprint density at radius 3 is 1.62 bits per heavy atom. The standard InChI is InChI=1S/C48H74N4/c1-2-10-26(11-3-1)50-38-19-7-5-13-28(38)32-21-23-40-44(48(32)50)34-17-9-15-31-36-24-41-35(25-42(36)52(40)47(31)34)30-14-8-16-33-43-39(51(41)46(30)33)22-20-29-27-12-4-6-18-37(27)49-45(29)43/h26-49H,1-25H2. The van der Waals surface area contributed by atoms with Crippen LogP contribution in [0.4, 0.5) is 0 Å². The molecule has 0 amide bonds. The number of hydrogen-bond acceptors (Lipinski definition) is 4. The van der Waals surface area contributed by atoms with Crippen molar-refractivity contribution >= 4 is 0 Å². The van der Waals surface area contributed by atoms with Crippen LogP contribution in [0.5, 0.6) is 0 Å². The second-order valence-electron chi connectivity index (χ2n) is 23.1. The molecule has 14 fully saturated rings. The van der Waals surface area contributed by atoms with E-state index in [-0.39, 0.29) is 0 Å². The second-order valence-corrected chi connectivity index (χ2v) is 23.1. The molecule has 0 spiro atoms. The molecule has 286 valence electrons. The van der Waals surface area contributed by atoms with Gasteiger partial charge in [0.25, 0.3) is 0 Å². The van der Waals surface area contributed by atoms with Crippen LogP contribution in [-0.4, -0.2) is 81.2 Å². The zero-order valence-corrected chi connectivity index (χ0v) is 32.8. The first-order valence-corrected chi connectivity index (χ1v) is 24.9.